The molecule has 0 aliphatic carbocycles. The van der Waals surface area contributed by atoms with Crippen molar-refractivity contribution in [2.75, 3.05) is 26.2 Å². The van der Waals surface area contributed by atoms with Crippen LogP contribution < -0.4 is 5.32 Å². The molecular weight excluding hydrogens is 226 g/mol. The quantitative estimate of drug-likeness (QED) is 0.777. The number of aromatic nitrogens is 3. The summed E-state index contributed by atoms with van der Waals surface area (Å²) in [6, 6.07) is 0.381. The van der Waals surface area contributed by atoms with Crippen LogP contribution in [0.3, 0.4) is 0 Å². The van der Waals surface area contributed by atoms with Crippen molar-refractivity contribution in [3.63, 3.8) is 0 Å². The summed E-state index contributed by atoms with van der Waals surface area (Å²) in [4.78, 5) is 6.84. The lowest BCUT2D eigenvalue weighted by Gasteiger charge is -2.26. The van der Waals surface area contributed by atoms with Gasteiger partial charge in [0.15, 0.2) is 0 Å². The highest BCUT2D eigenvalue weighted by molar-refractivity contribution is 4.85. The Hall–Kier alpha value is -0.940. The van der Waals surface area contributed by atoms with Crippen molar-refractivity contribution in [2.45, 2.75) is 45.7 Å². The number of hydrogen-bond donors (Lipinski definition) is 1. The fourth-order valence-electron chi connectivity index (χ4n) is 2.45. The summed E-state index contributed by atoms with van der Waals surface area (Å²) in [7, 11) is 0. The topological polar surface area (TPSA) is 46.0 Å². The molecule has 0 amide bonds. The van der Waals surface area contributed by atoms with E-state index in [1.807, 2.05) is 4.68 Å². The van der Waals surface area contributed by atoms with Crippen LogP contribution in [-0.4, -0.2) is 45.8 Å². The van der Waals surface area contributed by atoms with Gasteiger partial charge in [-0.2, -0.15) is 5.10 Å². The molecule has 1 aliphatic rings. The molecule has 1 aromatic heterocycles. The van der Waals surface area contributed by atoms with Crippen molar-refractivity contribution in [3.05, 3.63) is 12.2 Å². The fourth-order valence-corrected chi connectivity index (χ4v) is 2.45. The van der Waals surface area contributed by atoms with E-state index in [2.05, 4.69) is 34.1 Å². The van der Waals surface area contributed by atoms with Gasteiger partial charge >= 0.3 is 0 Å². The highest BCUT2D eigenvalue weighted by Crippen LogP contribution is 2.07. The molecule has 0 radical (unpaired) electrons. The van der Waals surface area contributed by atoms with Crippen molar-refractivity contribution in [1.82, 2.24) is 25.0 Å². The molecular formula is C13H25N5. The molecule has 0 unspecified atom stereocenters. The van der Waals surface area contributed by atoms with E-state index in [4.69, 9.17) is 0 Å². The molecule has 0 bridgehead atoms. The van der Waals surface area contributed by atoms with Crippen LogP contribution in [0, 0.1) is 0 Å². The van der Waals surface area contributed by atoms with Gasteiger partial charge in [0.25, 0.3) is 0 Å². The smallest absolute Gasteiger partial charge is 0.141 e. The van der Waals surface area contributed by atoms with Crippen LogP contribution in [-0.2, 0) is 6.54 Å². The molecule has 1 N–H and O–H groups in total. The van der Waals surface area contributed by atoms with Crippen LogP contribution in [0.1, 0.15) is 45.0 Å². The second kappa shape index (κ2) is 6.85. The molecule has 1 aromatic rings. The van der Waals surface area contributed by atoms with Gasteiger partial charge in [-0.15, -0.1) is 0 Å². The maximum atomic E-state index is 4.30. The van der Waals surface area contributed by atoms with Crippen LogP contribution in [0.15, 0.2) is 6.33 Å². The minimum atomic E-state index is 0.381. The first kappa shape index (κ1) is 13.5. The summed E-state index contributed by atoms with van der Waals surface area (Å²) < 4.78 is 1.98. The molecule has 2 rings (SSSR count). The summed E-state index contributed by atoms with van der Waals surface area (Å²) >= 11 is 0. The first-order valence-electron chi connectivity index (χ1n) is 7.09. The third-order valence-electron chi connectivity index (χ3n) is 3.47. The van der Waals surface area contributed by atoms with Crippen molar-refractivity contribution in [3.8, 4) is 0 Å². The van der Waals surface area contributed by atoms with Gasteiger partial charge in [-0.25, -0.2) is 9.67 Å². The van der Waals surface area contributed by atoms with E-state index in [0.29, 0.717) is 6.04 Å². The van der Waals surface area contributed by atoms with Crippen LogP contribution in [0.25, 0.3) is 0 Å². The predicted molar refractivity (Wildman–Crippen MR) is 72.4 cm³/mol. The normalized spacial score (nSPS) is 17.5. The second-order valence-corrected chi connectivity index (χ2v) is 5.29. The first-order valence-corrected chi connectivity index (χ1v) is 7.09. The van der Waals surface area contributed by atoms with Crippen LogP contribution in [0.2, 0.25) is 0 Å². The number of rotatable bonds is 6. The monoisotopic (exact) mass is 251 g/mol. The van der Waals surface area contributed by atoms with E-state index in [-0.39, 0.29) is 0 Å². The Kier molecular flexibility index (Phi) is 5.13. The minimum absolute atomic E-state index is 0.381. The standard InChI is InChI=1S/C13H25N5/c1-12(2)18-13(15-11-16-18)10-14-6-9-17-7-4-3-5-8-17/h11-12,14H,3-10H2,1-2H3. The molecule has 0 spiro atoms. The largest absolute Gasteiger partial charge is 0.309 e. The Balaban J connectivity index is 1.66. The first-order chi connectivity index (χ1) is 8.77. The van der Waals surface area contributed by atoms with Crippen molar-refractivity contribution in [2.24, 2.45) is 0 Å². The number of nitrogens with one attached hydrogen (secondary N) is 1. The zero-order valence-corrected chi connectivity index (χ0v) is 11.6. The molecule has 1 fully saturated rings. The van der Waals surface area contributed by atoms with Crippen LogP contribution in [0.5, 0.6) is 0 Å². The Labute approximate surface area is 110 Å². The van der Waals surface area contributed by atoms with E-state index in [1.165, 1.54) is 32.4 Å². The Bertz CT molecular complexity index is 341. The molecule has 1 aliphatic heterocycles. The lowest BCUT2D eigenvalue weighted by Crippen LogP contribution is -2.36. The third kappa shape index (κ3) is 3.78. The van der Waals surface area contributed by atoms with Gasteiger partial charge in [0, 0.05) is 19.1 Å². The van der Waals surface area contributed by atoms with Crippen LogP contribution >= 0.6 is 0 Å². The molecule has 0 saturated carbocycles. The van der Waals surface area contributed by atoms with Crippen LogP contribution in [0.4, 0.5) is 0 Å². The number of nitrogens with zero attached hydrogens (tertiary/aromatic N) is 4. The summed E-state index contributed by atoms with van der Waals surface area (Å²) in [5.41, 5.74) is 0. The molecule has 1 saturated heterocycles. The van der Waals surface area contributed by atoms with Crippen molar-refractivity contribution in [1.29, 1.82) is 0 Å². The van der Waals surface area contributed by atoms with Gasteiger partial charge in [-0.05, 0) is 39.8 Å². The Morgan fingerprint density at radius 2 is 2.06 bits per heavy atom. The second-order valence-electron chi connectivity index (χ2n) is 5.29. The minimum Gasteiger partial charge on any atom is -0.309 e. The van der Waals surface area contributed by atoms with E-state index >= 15 is 0 Å². The van der Waals surface area contributed by atoms with E-state index in [0.717, 1.165) is 25.5 Å². The van der Waals surface area contributed by atoms with Crippen molar-refractivity contribution < 1.29 is 0 Å². The van der Waals surface area contributed by atoms with Gasteiger partial charge < -0.3 is 10.2 Å². The molecule has 0 atom stereocenters. The Morgan fingerprint density at radius 3 is 2.78 bits per heavy atom. The van der Waals surface area contributed by atoms with Gasteiger partial charge in [0.05, 0.1) is 6.54 Å². The molecule has 0 aromatic carbocycles. The number of hydrogen-bond acceptors (Lipinski definition) is 4. The summed E-state index contributed by atoms with van der Waals surface area (Å²) in [6.07, 6.45) is 5.77. The zero-order valence-electron chi connectivity index (χ0n) is 11.6. The predicted octanol–water partition coefficient (Wildman–Crippen LogP) is 1.43. The zero-order chi connectivity index (χ0) is 12.8. The van der Waals surface area contributed by atoms with Gasteiger partial charge in [0.1, 0.15) is 12.2 Å². The Morgan fingerprint density at radius 1 is 1.28 bits per heavy atom. The van der Waals surface area contributed by atoms with Gasteiger partial charge in [0.2, 0.25) is 0 Å². The van der Waals surface area contributed by atoms with Gasteiger partial charge in [-0.1, -0.05) is 6.42 Å². The number of piperidine rings is 1. The molecule has 5 nitrogen and oxygen atoms in total. The fraction of sp³-hybridized carbons (Fsp3) is 0.846. The summed E-state index contributed by atoms with van der Waals surface area (Å²) in [5, 5.41) is 7.70. The summed E-state index contributed by atoms with van der Waals surface area (Å²) in [6.45, 7) is 9.79. The van der Waals surface area contributed by atoms with Gasteiger partial charge in [-0.3, -0.25) is 0 Å². The highest BCUT2D eigenvalue weighted by Gasteiger charge is 2.10. The SMILES string of the molecule is CC(C)n1ncnc1CNCCN1CCCCC1. The van der Waals surface area contributed by atoms with E-state index in [1.54, 1.807) is 6.33 Å². The molecule has 5 heteroatoms. The van der Waals surface area contributed by atoms with Crippen molar-refractivity contribution >= 4 is 0 Å². The molecule has 2 heterocycles. The average Bonchev–Trinajstić information content (AvgIpc) is 2.84. The average molecular weight is 251 g/mol. The molecule has 18 heavy (non-hydrogen) atoms. The summed E-state index contributed by atoms with van der Waals surface area (Å²) in [5.74, 6) is 1.03. The highest BCUT2D eigenvalue weighted by atomic mass is 15.4. The van der Waals surface area contributed by atoms with E-state index < -0.39 is 0 Å². The number of likely N-dealkylation sites (tertiary alicyclic amines) is 1. The maximum Gasteiger partial charge on any atom is 0.141 e. The lowest BCUT2D eigenvalue weighted by molar-refractivity contribution is 0.228. The maximum absolute atomic E-state index is 4.30. The third-order valence-corrected chi connectivity index (χ3v) is 3.47. The van der Waals surface area contributed by atoms with E-state index in [9.17, 15) is 0 Å². The molecule has 102 valence electrons. The lowest BCUT2D eigenvalue weighted by atomic mass is 10.1.